The first-order valence-corrected chi connectivity index (χ1v) is 13.2. The molecule has 0 N–H and O–H groups in total. The standard InChI is InChI=1S/C26H41N5O3/c1-18-19(2)31(20-11-25(12-20)15-29(16-25)23(32)34-24(3,4)5)27-22(18)30-10-9-28(21-13-33-14-21)17-26(30)7-6-8-26/h20-21H,6-17H2,1-5H3. The molecular weight excluding hydrogens is 430 g/mol. The van der Waals surface area contributed by atoms with E-state index in [1.54, 1.807) is 0 Å². The maximum absolute atomic E-state index is 12.4. The highest BCUT2D eigenvalue weighted by atomic mass is 16.6. The fourth-order valence-corrected chi connectivity index (χ4v) is 6.88. The van der Waals surface area contributed by atoms with E-state index in [2.05, 4.69) is 28.3 Å². The van der Waals surface area contributed by atoms with Gasteiger partial charge in [-0.05, 0) is 66.7 Å². The highest BCUT2D eigenvalue weighted by molar-refractivity contribution is 5.69. The summed E-state index contributed by atoms with van der Waals surface area (Å²) < 4.78 is 13.3. The van der Waals surface area contributed by atoms with Crippen molar-refractivity contribution in [3.05, 3.63) is 11.3 Å². The molecule has 6 rings (SSSR count). The number of rotatable bonds is 3. The zero-order valence-electron chi connectivity index (χ0n) is 21.6. The number of ether oxygens (including phenoxy) is 2. The number of carbonyl (C=O) groups is 1. The molecule has 0 radical (unpaired) electrons. The van der Waals surface area contributed by atoms with Gasteiger partial charge >= 0.3 is 6.09 Å². The second-order valence-electron chi connectivity index (χ2n) is 12.8. The van der Waals surface area contributed by atoms with Crippen LogP contribution in [0.3, 0.4) is 0 Å². The van der Waals surface area contributed by atoms with Crippen molar-refractivity contribution < 1.29 is 14.3 Å². The van der Waals surface area contributed by atoms with Gasteiger partial charge in [0.25, 0.3) is 0 Å². The molecule has 188 valence electrons. The van der Waals surface area contributed by atoms with Crippen LogP contribution < -0.4 is 4.90 Å². The van der Waals surface area contributed by atoms with Crippen molar-refractivity contribution in [1.82, 2.24) is 19.6 Å². The molecule has 0 aromatic carbocycles. The van der Waals surface area contributed by atoms with Gasteiger partial charge < -0.3 is 19.3 Å². The number of hydrogen-bond acceptors (Lipinski definition) is 6. The molecule has 2 spiro atoms. The summed E-state index contributed by atoms with van der Waals surface area (Å²) >= 11 is 0. The maximum Gasteiger partial charge on any atom is 0.410 e. The zero-order chi connectivity index (χ0) is 23.9. The summed E-state index contributed by atoms with van der Waals surface area (Å²) in [5.41, 5.74) is 2.74. The van der Waals surface area contributed by atoms with Crippen LogP contribution in [-0.2, 0) is 9.47 Å². The van der Waals surface area contributed by atoms with Gasteiger partial charge in [0.1, 0.15) is 5.60 Å². The van der Waals surface area contributed by atoms with Crippen LogP contribution in [0.15, 0.2) is 0 Å². The summed E-state index contributed by atoms with van der Waals surface area (Å²) in [7, 11) is 0. The van der Waals surface area contributed by atoms with Crippen molar-refractivity contribution in [2.45, 2.75) is 89.9 Å². The third kappa shape index (κ3) is 3.55. The van der Waals surface area contributed by atoms with Crippen LogP contribution in [-0.4, -0.2) is 88.8 Å². The van der Waals surface area contributed by atoms with E-state index < -0.39 is 5.60 Å². The Balaban J connectivity index is 1.12. The molecule has 2 aliphatic carbocycles. The second-order valence-corrected chi connectivity index (χ2v) is 12.8. The van der Waals surface area contributed by atoms with E-state index in [1.807, 2.05) is 25.7 Å². The lowest BCUT2D eigenvalue weighted by Crippen LogP contribution is -2.69. The zero-order valence-corrected chi connectivity index (χ0v) is 21.6. The molecule has 1 aromatic heterocycles. The highest BCUT2D eigenvalue weighted by Gasteiger charge is 2.56. The molecule has 0 bridgehead atoms. The normalized spacial score (nSPS) is 26.7. The smallest absolute Gasteiger partial charge is 0.410 e. The second kappa shape index (κ2) is 7.60. The predicted octanol–water partition coefficient (Wildman–Crippen LogP) is 3.52. The monoisotopic (exact) mass is 471 g/mol. The van der Waals surface area contributed by atoms with Crippen LogP contribution in [0.25, 0.3) is 0 Å². The van der Waals surface area contributed by atoms with Gasteiger partial charge in [0, 0.05) is 49.4 Å². The number of anilines is 1. The Bertz CT molecular complexity index is 960. The summed E-state index contributed by atoms with van der Waals surface area (Å²) in [6, 6.07) is 1.06. The molecule has 8 nitrogen and oxygen atoms in total. The summed E-state index contributed by atoms with van der Waals surface area (Å²) in [5.74, 6) is 1.21. The largest absolute Gasteiger partial charge is 0.444 e. The molecule has 3 aliphatic heterocycles. The number of aromatic nitrogens is 2. The van der Waals surface area contributed by atoms with Gasteiger partial charge in [0.15, 0.2) is 5.82 Å². The highest BCUT2D eigenvalue weighted by Crippen LogP contribution is 2.55. The van der Waals surface area contributed by atoms with E-state index in [-0.39, 0.29) is 17.0 Å². The lowest BCUT2D eigenvalue weighted by molar-refractivity contribution is -0.0931. The van der Waals surface area contributed by atoms with E-state index in [9.17, 15) is 4.79 Å². The molecule has 34 heavy (non-hydrogen) atoms. The van der Waals surface area contributed by atoms with Gasteiger partial charge in [-0.15, -0.1) is 0 Å². The molecule has 0 unspecified atom stereocenters. The number of nitrogens with zero attached hydrogens (tertiary/aromatic N) is 5. The maximum atomic E-state index is 12.4. The van der Waals surface area contributed by atoms with Gasteiger partial charge in [-0.3, -0.25) is 9.58 Å². The van der Waals surface area contributed by atoms with E-state index in [0.717, 1.165) is 58.8 Å². The van der Waals surface area contributed by atoms with Crippen LogP contribution in [0, 0.1) is 19.3 Å². The molecule has 2 saturated carbocycles. The molecule has 8 heteroatoms. The fourth-order valence-electron chi connectivity index (χ4n) is 6.88. The quantitative estimate of drug-likeness (QED) is 0.672. The number of piperazine rings is 1. The van der Waals surface area contributed by atoms with Crippen LogP contribution >= 0.6 is 0 Å². The molecular formula is C26H41N5O3. The number of carbonyl (C=O) groups excluding carboxylic acids is 1. The molecule has 4 heterocycles. The first-order chi connectivity index (χ1) is 16.1. The SMILES string of the molecule is Cc1c(N2CCN(C3COC3)CC23CCC3)nn(C2CC3(C2)CN(C(=O)OC(C)(C)C)C3)c1C. The lowest BCUT2D eigenvalue weighted by atomic mass is 9.61. The van der Waals surface area contributed by atoms with Crippen molar-refractivity contribution in [2.75, 3.05) is 50.8 Å². The number of likely N-dealkylation sites (tertiary alicyclic amines) is 1. The Morgan fingerprint density at radius 2 is 1.76 bits per heavy atom. The van der Waals surface area contributed by atoms with E-state index in [4.69, 9.17) is 14.6 Å². The Hall–Kier alpha value is -1.80. The summed E-state index contributed by atoms with van der Waals surface area (Å²) in [5, 5.41) is 5.26. The Labute approximate surface area is 203 Å². The average Bonchev–Trinajstić information content (AvgIpc) is 2.90. The van der Waals surface area contributed by atoms with E-state index >= 15 is 0 Å². The Kier molecular flexibility index (Phi) is 5.06. The van der Waals surface area contributed by atoms with Gasteiger partial charge in [-0.1, -0.05) is 0 Å². The summed E-state index contributed by atoms with van der Waals surface area (Å²) in [6.45, 7) is 17.0. The third-order valence-electron chi connectivity index (χ3n) is 9.17. The van der Waals surface area contributed by atoms with Crippen LogP contribution in [0.5, 0.6) is 0 Å². The molecule has 1 amide bonds. The molecule has 5 fully saturated rings. The Morgan fingerprint density at radius 3 is 2.32 bits per heavy atom. The summed E-state index contributed by atoms with van der Waals surface area (Å²) in [6.07, 6.45) is 5.91. The Morgan fingerprint density at radius 1 is 1.06 bits per heavy atom. The van der Waals surface area contributed by atoms with Crippen LogP contribution in [0.2, 0.25) is 0 Å². The summed E-state index contributed by atoms with van der Waals surface area (Å²) in [4.78, 5) is 19.5. The van der Waals surface area contributed by atoms with Crippen molar-refractivity contribution in [2.24, 2.45) is 5.41 Å². The van der Waals surface area contributed by atoms with Crippen LogP contribution in [0.4, 0.5) is 10.6 Å². The van der Waals surface area contributed by atoms with Crippen molar-refractivity contribution in [3.63, 3.8) is 0 Å². The van der Waals surface area contributed by atoms with Crippen molar-refractivity contribution >= 4 is 11.9 Å². The van der Waals surface area contributed by atoms with Gasteiger partial charge in [-0.25, -0.2) is 4.79 Å². The third-order valence-corrected chi connectivity index (χ3v) is 9.17. The molecule has 0 atom stereocenters. The first kappa shape index (κ1) is 22.7. The molecule has 1 aromatic rings. The first-order valence-electron chi connectivity index (χ1n) is 13.2. The fraction of sp³-hybridized carbons (Fsp3) is 0.846. The van der Waals surface area contributed by atoms with E-state index in [0.29, 0.717) is 12.1 Å². The van der Waals surface area contributed by atoms with Gasteiger partial charge in [0.05, 0.1) is 30.8 Å². The topological polar surface area (TPSA) is 63.1 Å². The number of hydrogen-bond donors (Lipinski definition) is 0. The van der Waals surface area contributed by atoms with Gasteiger partial charge in [-0.2, -0.15) is 5.10 Å². The number of amides is 1. The predicted molar refractivity (Wildman–Crippen MR) is 130 cm³/mol. The van der Waals surface area contributed by atoms with Crippen molar-refractivity contribution in [3.8, 4) is 0 Å². The average molecular weight is 472 g/mol. The minimum absolute atomic E-state index is 0.173. The van der Waals surface area contributed by atoms with Gasteiger partial charge in [0.2, 0.25) is 0 Å². The minimum Gasteiger partial charge on any atom is -0.444 e. The molecule has 3 saturated heterocycles. The van der Waals surface area contributed by atoms with E-state index in [1.165, 1.54) is 36.3 Å². The lowest BCUT2D eigenvalue weighted by Gasteiger charge is -2.59. The molecule has 5 aliphatic rings. The van der Waals surface area contributed by atoms with Crippen LogP contribution in [0.1, 0.15) is 70.2 Å². The minimum atomic E-state index is -0.434. The van der Waals surface area contributed by atoms with Crippen molar-refractivity contribution in [1.29, 1.82) is 0 Å².